The van der Waals surface area contributed by atoms with E-state index in [4.69, 9.17) is 10.7 Å². The van der Waals surface area contributed by atoms with Crippen molar-refractivity contribution in [3.05, 3.63) is 34.7 Å². The van der Waals surface area contributed by atoms with Crippen LogP contribution in [0.25, 0.3) is 20.8 Å². The third-order valence-electron chi connectivity index (χ3n) is 5.21. The van der Waals surface area contributed by atoms with Crippen LogP contribution in [0.2, 0.25) is 0 Å². The Balaban J connectivity index is 0.000000568. The highest BCUT2D eigenvalue weighted by atomic mass is 32.1. The number of nitrogens with zero attached hydrogens (tertiary/aromatic N) is 2. The van der Waals surface area contributed by atoms with E-state index >= 15 is 0 Å². The predicted octanol–water partition coefficient (Wildman–Crippen LogP) is 6.82. The minimum Gasteiger partial charge on any atom is -0.390 e. The van der Waals surface area contributed by atoms with E-state index in [1.165, 1.54) is 10.4 Å². The average Bonchev–Trinajstić information content (AvgIpc) is 3.28. The van der Waals surface area contributed by atoms with Crippen LogP contribution in [0.1, 0.15) is 51.0 Å². The molecule has 0 bridgehead atoms. The molecule has 1 aliphatic heterocycles. The molecule has 0 radical (unpaired) electrons. The van der Waals surface area contributed by atoms with Crippen molar-refractivity contribution in [1.29, 1.82) is 0 Å². The summed E-state index contributed by atoms with van der Waals surface area (Å²) in [5, 5.41) is 1.77. The van der Waals surface area contributed by atoms with Gasteiger partial charge in [-0.05, 0) is 24.1 Å². The molecule has 29 heavy (non-hydrogen) atoms. The highest BCUT2D eigenvalue weighted by molar-refractivity contribution is 7.22. The maximum atomic E-state index is 13.2. The van der Waals surface area contributed by atoms with Gasteiger partial charge in [0.2, 0.25) is 0 Å². The molecule has 158 valence electrons. The van der Waals surface area contributed by atoms with E-state index < -0.39 is 5.92 Å². The van der Waals surface area contributed by atoms with Crippen LogP contribution in [-0.4, -0.2) is 28.4 Å². The number of thiophene rings is 1. The molecule has 1 saturated carbocycles. The summed E-state index contributed by atoms with van der Waals surface area (Å²) in [6.45, 7) is 9.55. The number of benzene rings is 1. The van der Waals surface area contributed by atoms with Crippen LogP contribution in [0.3, 0.4) is 0 Å². The smallest absolute Gasteiger partial charge is 0.251 e. The summed E-state index contributed by atoms with van der Waals surface area (Å²) in [6, 6.07) is 8.11. The lowest BCUT2D eigenvalue weighted by molar-refractivity contribution is -0.126. The highest BCUT2D eigenvalue weighted by Crippen LogP contribution is 2.47. The van der Waals surface area contributed by atoms with Crippen molar-refractivity contribution in [3.8, 4) is 10.6 Å². The van der Waals surface area contributed by atoms with Crippen LogP contribution < -0.4 is 5.73 Å². The Bertz CT molecular complexity index is 923. The van der Waals surface area contributed by atoms with Crippen molar-refractivity contribution in [2.75, 3.05) is 12.3 Å². The van der Waals surface area contributed by atoms with Gasteiger partial charge in [0, 0.05) is 42.4 Å². The summed E-state index contributed by atoms with van der Waals surface area (Å²) < 4.78 is 27.5. The second kappa shape index (κ2) is 9.06. The first-order valence-electron chi connectivity index (χ1n) is 10.4. The van der Waals surface area contributed by atoms with Gasteiger partial charge in [-0.15, -0.1) is 22.7 Å². The molecule has 0 unspecified atom stereocenters. The molecule has 7 heteroatoms. The minimum absolute atomic E-state index is 0.00603. The third-order valence-corrected chi connectivity index (χ3v) is 7.31. The Kier molecular flexibility index (Phi) is 6.91. The molecule has 3 nitrogen and oxygen atoms in total. The molecule has 2 N–H and O–H groups in total. The first-order valence-corrected chi connectivity index (χ1v) is 12.0. The number of halogens is 2. The van der Waals surface area contributed by atoms with Gasteiger partial charge in [-0.2, -0.15) is 0 Å². The topological polar surface area (TPSA) is 42.1 Å². The zero-order valence-electron chi connectivity index (χ0n) is 17.5. The lowest BCUT2D eigenvalue weighted by atomic mass is 9.85. The van der Waals surface area contributed by atoms with Crippen LogP contribution in [0.4, 0.5) is 13.8 Å². The lowest BCUT2D eigenvalue weighted by Crippen LogP contribution is -2.51. The van der Waals surface area contributed by atoms with Gasteiger partial charge in [-0.3, -0.25) is 4.90 Å². The number of alkyl halides is 2. The summed E-state index contributed by atoms with van der Waals surface area (Å²) in [6.07, 6.45) is 0.845. The number of para-hydroxylation sites is 1. The Hall–Kier alpha value is -1.57. The quantitative estimate of drug-likeness (QED) is 0.478. The number of hydrogen-bond acceptors (Lipinski definition) is 5. The van der Waals surface area contributed by atoms with Gasteiger partial charge in [0.15, 0.2) is 0 Å². The molecule has 3 heterocycles. The molecule has 0 amide bonds. The minimum atomic E-state index is -2.47. The van der Waals surface area contributed by atoms with Crippen molar-refractivity contribution in [3.63, 3.8) is 0 Å². The van der Waals surface area contributed by atoms with E-state index in [9.17, 15) is 8.78 Å². The van der Waals surface area contributed by atoms with Gasteiger partial charge in [-0.1, -0.05) is 39.8 Å². The van der Waals surface area contributed by atoms with Crippen LogP contribution >= 0.6 is 22.7 Å². The van der Waals surface area contributed by atoms with Gasteiger partial charge < -0.3 is 5.73 Å². The van der Waals surface area contributed by atoms with Crippen molar-refractivity contribution in [1.82, 2.24) is 9.88 Å². The summed E-state index contributed by atoms with van der Waals surface area (Å²) in [5.41, 5.74) is 9.67. The molecular formula is C22H29F2N3S2. The first kappa shape index (κ1) is 22.1. The predicted molar refractivity (Wildman–Crippen MR) is 122 cm³/mol. The molecule has 1 aromatic carbocycles. The largest absolute Gasteiger partial charge is 0.390 e. The summed E-state index contributed by atoms with van der Waals surface area (Å²) >= 11 is 3.26. The number of nitrogen functional groups attached to an aromatic ring is 1. The average molecular weight is 438 g/mol. The fourth-order valence-corrected chi connectivity index (χ4v) is 6.12. The zero-order chi connectivity index (χ0) is 21.2. The molecule has 0 spiro atoms. The summed E-state index contributed by atoms with van der Waals surface area (Å²) in [4.78, 5) is 8.17. The number of thiazole rings is 1. The van der Waals surface area contributed by atoms with Crippen molar-refractivity contribution in [2.45, 2.75) is 65.5 Å². The second-order valence-electron chi connectivity index (χ2n) is 6.87. The standard InChI is InChI=1S/C18H17F2N3S2.2C2H6/c19-18(20)7-10(8-18)23-6-5-11-14(9-23)24-16(21)15(11)17-22-12-3-1-2-4-13(12)25-17;2*1-2/h1-4,10H,5-9,21H2;2*1-2H3. The molecule has 5 rings (SSSR count). The van der Waals surface area contributed by atoms with E-state index in [2.05, 4.69) is 11.0 Å². The SMILES string of the molecule is CC.CC.Nc1sc2c(c1-c1nc3ccccc3s1)CCN(C1CC(F)(F)C1)C2. The molecule has 0 atom stereocenters. The molecule has 1 aliphatic carbocycles. The maximum Gasteiger partial charge on any atom is 0.251 e. The molecule has 2 aromatic heterocycles. The maximum absolute atomic E-state index is 13.2. The molecule has 3 aromatic rings. The van der Waals surface area contributed by atoms with Crippen molar-refractivity contribution < 1.29 is 8.78 Å². The summed E-state index contributed by atoms with van der Waals surface area (Å²) in [7, 11) is 0. The van der Waals surface area contributed by atoms with Crippen molar-refractivity contribution >= 4 is 37.9 Å². The van der Waals surface area contributed by atoms with Crippen LogP contribution in [0.5, 0.6) is 0 Å². The van der Waals surface area contributed by atoms with E-state index in [0.717, 1.165) is 45.3 Å². The highest BCUT2D eigenvalue weighted by Gasteiger charge is 2.48. The van der Waals surface area contributed by atoms with Gasteiger partial charge in [0.25, 0.3) is 5.92 Å². The Morgan fingerprint density at radius 3 is 2.45 bits per heavy atom. The van der Waals surface area contributed by atoms with Gasteiger partial charge >= 0.3 is 0 Å². The number of rotatable bonds is 2. The van der Waals surface area contributed by atoms with E-state index in [1.807, 2.05) is 45.9 Å². The summed E-state index contributed by atoms with van der Waals surface area (Å²) in [5.74, 6) is -2.47. The van der Waals surface area contributed by atoms with Gasteiger partial charge in [-0.25, -0.2) is 13.8 Å². The van der Waals surface area contributed by atoms with Crippen LogP contribution in [0.15, 0.2) is 24.3 Å². The third kappa shape index (κ3) is 4.32. The monoisotopic (exact) mass is 437 g/mol. The lowest BCUT2D eigenvalue weighted by Gasteiger charge is -2.44. The van der Waals surface area contributed by atoms with Gasteiger partial charge in [0.1, 0.15) is 5.01 Å². The fraction of sp³-hybridized carbons (Fsp3) is 0.500. The normalized spacial score (nSPS) is 18.1. The number of hydrogen-bond donors (Lipinski definition) is 1. The first-order chi connectivity index (χ1) is 14.0. The molecule has 2 aliphatic rings. The second-order valence-corrected chi connectivity index (χ2v) is 9.04. The van der Waals surface area contributed by atoms with E-state index in [1.54, 1.807) is 22.7 Å². The molecule has 1 fully saturated rings. The van der Waals surface area contributed by atoms with Crippen LogP contribution in [0, 0.1) is 0 Å². The zero-order valence-corrected chi connectivity index (χ0v) is 19.1. The van der Waals surface area contributed by atoms with Crippen LogP contribution in [-0.2, 0) is 13.0 Å². The van der Waals surface area contributed by atoms with E-state index in [0.29, 0.717) is 0 Å². The molecular weight excluding hydrogens is 408 g/mol. The Morgan fingerprint density at radius 2 is 1.79 bits per heavy atom. The number of anilines is 1. The van der Waals surface area contributed by atoms with Crippen molar-refractivity contribution in [2.24, 2.45) is 0 Å². The number of nitrogens with two attached hydrogens (primary N) is 1. The van der Waals surface area contributed by atoms with E-state index in [-0.39, 0.29) is 18.9 Å². The number of aromatic nitrogens is 1. The molecule has 0 saturated heterocycles. The van der Waals surface area contributed by atoms with Gasteiger partial charge in [0.05, 0.1) is 15.2 Å². The number of fused-ring (bicyclic) bond motifs is 2. The fourth-order valence-electron chi connectivity index (χ4n) is 3.86. The Morgan fingerprint density at radius 1 is 1.10 bits per heavy atom. The Labute approximate surface area is 179 Å².